The van der Waals surface area contributed by atoms with Crippen LogP contribution in [0, 0.1) is 0 Å². The zero-order valence-corrected chi connectivity index (χ0v) is 12.7. The van der Waals surface area contributed by atoms with Crippen LogP contribution in [0.1, 0.15) is 32.1 Å². The molecule has 0 spiro atoms. The van der Waals surface area contributed by atoms with Crippen LogP contribution in [0.2, 0.25) is 0 Å². The number of urea groups is 1. The predicted octanol–water partition coefficient (Wildman–Crippen LogP) is 1.26. The molecule has 0 aromatic carbocycles. The lowest BCUT2D eigenvalue weighted by Crippen LogP contribution is -2.48. The molecule has 2 fully saturated rings. The van der Waals surface area contributed by atoms with Gasteiger partial charge in [-0.25, -0.2) is 9.78 Å². The molecule has 3 N–H and O–H groups in total. The van der Waals surface area contributed by atoms with Crippen LogP contribution in [-0.4, -0.2) is 47.4 Å². The van der Waals surface area contributed by atoms with E-state index in [1.54, 1.807) is 6.20 Å². The summed E-state index contributed by atoms with van der Waals surface area (Å²) in [7, 11) is 0. The highest BCUT2D eigenvalue weighted by molar-refractivity contribution is 5.74. The lowest BCUT2D eigenvalue weighted by Gasteiger charge is -2.27. The number of carbonyl (C=O) groups excluding carboxylic acids is 1. The van der Waals surface area contributed by atoms with E-state index in [1.807, 2.05) is 18.2 Å². The highest BCUT2D eigenvalue weighted by Crippen LogP contribution is 2.19. The van der Waals surface area contributed by atoms with Gasteiger partial charge in [0.25, 0.3) is 0 Å². The SMILES string of the molecule is O=C(NC1CCC(O)CC1)NC1CCN(c2ccccn2)C1. The Morgan fingerprint density at radius 3 is 2.64 bits per heavy atom. The first-order valence-corrected chi connectivity index (χ1v) is 8.12. The highest BCUT2D eigenvalue weighted by Gasteiger charge is 2.26. The van der Waals surface area contributed by atoms with Gasteiger partial charge in [0.1, 0.15) is 5.82 Å². The Morgan fingerprint density at radius 1 is 1.14 bits per heavy atom. The number of nitrogens with zero attached hydrogens (tertiary/aromatic N) is 2. The van der Waals surface area contributed by atoms with Crippen molar-refractivity contribution >= 4 is 11.8 Å². The summed E-state index contributed by atoms with van der Waals surface area (Å²) in [6, 6.07) is 6.15. The van der Waals surface area contributed by atoms with Crippen LogP contribution in [-0.2, 0) is 0 Å². The summed E-state index contributed by atoms with van der Waals surface area (Å²) in [5.41, 5.74) is 0. The molecule has 0 bridgehead atoms. The molecule has 1 aliphatic carbocycles. The van der Waals surface area contributed by atoms with Crippen LogP contribution in [0.5, 0.6) is 0 Å². The van der Waals surface area contributed by atoms with Gasteiger partial charge in [0.05, 0.1) is 6.10 Å². The van der Waals surface area contributed by atoms with Crippen LogP contribution < -0.4 is 15.5 Å². The van der Waals surface area contributed by atoms with Crippen molar-refractivity contribution in [3.63, 3.8) is 0 Å². The van der Waals surface area contributed by atoms with E-state index >= 15 is 0 Å². The molecule has 2 aliphatic rings. The molecule has 6 heteroatoms. The Kier molecular flexibility index (Phi) is 4.77. The van der Waals surface area contributed by atoms with E-state index in [4.69, 9.17) is 0 Å². The van der Waals surface area contributed by atoms with Crippen LogP contribution in [0.3, 0.4) is 0 Å². The lowest BCUT2D eigenvalue weighted by atomic mass is 9.93. The first kappa shape index (κ1) is 15.1. The average Bonchev–Trinajstić information content (AvgIpc) is 2.99. The van der Waals surface area contributed by atoms with Crippen LogP contribution in [0.15, 0.2) is 24.4 Å². The normalized spacial score (nSPS) is 28.4. The second-order valence-corrected chi connectivity index (χ2v) is 6.24. The molecule has 2 heterocycles. The monoisotopic (exact) mass is 304 g/mol. The Hall–Kier alpha value is -1.82. The third-order valence-electron chi connectivity index (χ3n) is 4.53. The largest absolute Gasteiger partial charge is 0.393 e. The molecule has 6 nitrogen and oxygen atoms in total. The predicted molar refractivity (Wildman–Crippen MR) is 84.8 cm³/mol. The standard InChI is InChI=1S/C16H24N4O2/c21-14-6-4-12(5-7-14)18-16(22)19-13-8-10-20(11-13)15-3-1-2-9-17-15/h1-3,9,12-14,21H,4-8,10-11H2,(H2,18,19,22). The van der Waals surface area contributed by atoms with Gasteiger partial charge in [-0.15, -0.1) is 0 Å². The minimum Gasteiger partial charge on any atom is -0.393 e. The molecule has 22 heavy (non-hydrogen) atoms. The summed E-state index contributed by atoms with van der Waals surface area (Å²) in [5.74, 6) is 0.966. The second-order valence-electron chi connectivity index (χ2n) is 6.24. The Balaban J connectivity index is 1.43. The number of carbonyl (C=O) groups is 1. The first-order chi connectivity index (χ1) is 10.7. The Morgan fingerprint density at radius 2 is 1.91 bits per heavy atom. The number of amides is 2. The van der Waals surface area contributed by atoms with Crippen molar-refractivity contribution in [3.05, 3.63) is 24.4 Å². The number of aromatic nitrogens is 1. The van der Waals surface area contributed by atoms with Crippen LogP contribution in [0.25, 0.3) is 0 Å². The zero-order chi connectivity index (χ0) is 15.4. The number of rotatable bonds is 3. The first-order valence-electron chi connectivity index (χ1n) is 8.12. The van der Waals surface area contributed by atoms with E-state index in [2.05, 4.69) is 20.5 Å². The van der Waals surface area contributed by atoms with Gasteiger partial charge >= 0.3 is 6.03 Å². The molecule has 2 amide bonds. The van der Waals surface area contributed by atoms with E-state index in [0.29, 0.717) is 0 Å². The summed E-state index contributed by atoms with van der Waals surface area (Å²) >= 11 is 0. The molecule has 1 atom stereocenters. The fourth-order valence-corrected chi connectivity index (χ4v) is 3.26. The third kappa shape index (κ3) is 3.88. The minimum atomic E-state index is -0.192. The fourth-order valence-electron chi connectivity index (χ4n) is 3.26. The van der Waals surface area contributed by atoms with Gasteiger partial charge < -0.3 is 20.6 Å². The summed E-state index contributed by atoms with van der Waals surface area (Å²) in [4.78, 5) is 18.6. The molecular weight excluding hydrogens is 280 g/mol. The Labute approximate surface area is 130 Å². The second kappa shape index (κ2) is 6.96. The molecule has 1 aliphatic heterocycles. The number of aliphatic hydroxyl groups is 1. The van der Waals surface area contributed by atoms with Crippen LogP contribution in [0.4, 0.5) is 10.6 Å². The summed E-state index contributed by atoms with van der Waals surface area (Å²) in [5, 5.41) is 15.6. The Bertz CT molecular complexity index is 488. The van der Waals surface area contributed by atoms with Gasteiger partial charge in [0.2, 0.25) is 0 Å². The number of hydrogen-bond acceptors (Lipinski definition) is 4. The maximum atomic E-state index is 12.1. The minimum absolute atomic E-state index is 0.0886. The van der Waals surface area contributed by atoms with E-state index in [9.17, 15) is 9.90 Å². The number of hydrogen-bond donors (Lipinski definition) is 3. The van der Waals surface area contributed by atoms with Crippen molar-refractivity contribution < 1.29 is 9.90 Å². The van der Waals surface area contributed by atoms with Gasteiger partial charge in [0, 0.05) is 31.4 Å². The highest BCUT2D eigenvalue weighted by atomic mass is 16.3. The molecular formula is C16H24N4O2. The number of pyridine rings is 1. The van der Waals surface area contributed by atoms with E-state index in [-0.39, 0.29) is 24.2 Å². The number of nitrogens with one attached hydrogen (secondary N) is 2. The van der Waals surface area contributed by atoms with Gasteiger partial charge in [-0.1, -0.05) is 6.07 Å². The topological polar surface area (TPSA) is 77.5 Å². The molecule has 1 aromatic heterocycles. The molecule has 1 saturated heterocycles. The number of anilines is 1. The molecule has 1 aromatic rings. The molecule has 120 valence electrons. The van der Waals surface area contributed by atoms with E-state index in [1.165, 1.54) is 0 Å². The maximum Gasteiger partial charge on any atom is 0.315 e. The smallest absolute Gasteiger partial charge is 0.315 e. The summed E-state index contributed by atoms with van der Waals surface area (Å²) in [6.45, 7) is 1.71. The van der Waals surface area contributed by atoms with E-state index < -0.39 is 0 Å². The summed E-state index contributed by atoms with van der Waals surface area (Å²) < 4.78 is 0. The van der Waals surface area contributed by atoms with Gasteiger partial charge in [-0.05, 0) is 44.2 Å². The van der Waals surface area contributed by atoms with Crippen molar-refractivity contribution in [1.29, 1.82) is 0 Å². The van der Waals surface area contributed by atoms with Crippen LogP contribution >= 0.6 is 0 Å². The van der Waals surface area contributed by atoms with Gasteiger partial charge in [0.15, 0.2) is 0 Å². The summed E-state index contributed by atoms with van der Waals surface area (Å²) in [6.07, 6.45) is 5.82. The van der Waals surface area contributed by atoms with Crippen molar-refractivity contribution in [2.24, 2.45) is 0 Å². The maximum absolute atomic E-state index is 12.1. The molecule has 1 saturated carbocycles. The van der Waals surface area contributed by atoms with E-state index in [0.717, 1.165) is 51.0 Å². The third-order valence-corrected chi connectivity index (χ3v) is 4.53. The van der Waals surface area contributed by atoms with Crippen molar-refractivity contribution in [1.82, 2.24) is 15.6 Å². The fraction of sp³-hybridized carbons (Fsp3) is 0.625. The molecule has 0 radical (unpaired) electrons. The zero-order valence-electron chi connectivity index (χ0n) is 12.7. The van der Waals surface area contributed by atoms with Crippen molar-refractivity contribution in [2.75, 3.05) is 18.0 Å². The number of aliphatic hydroxyl groups excluding tert-OH is 1. The van der Waals surface area contributed by atoms with Gasteiger partial charge in [-0.3, -0.25) is 0 Å². The quantitative estimate of drug-likeness (QED) is 0.786. The molecule has 3 rings (SSSR count). The average molecular weight is 304 g/mol. The van der Waals surface area contributed by atoms with Crippen molar-refractivity contribution in [3.8, 4) is 0 Å². The molecule has 1 unspecified atom stereocenters. The lowest BCUT2D eigenvalue weighted by molar-refractivity contribution is 0.117. The van der Waals surface area contributed by atoms with Gasteiger partial charge in [-0.2, -0.15) is 0 Å². The van der Waals surface area contributed by atoms with Crippen molar-refractivity contribution in [2.45, 2.75) is 50.3 Å².